The van der Waals surface area contributed by atoms with Crippen molar-refractivity contribution in [2.24, 2.45) is 5.92 Å². The number of carbonyl (C=O) groups excluding carboxylic acids is 1. The van der Waals surface area contributed by atoms with E-state index in [9.17, 15) is 4.79 Å². The molecule has 94 valence electrons. The summed E-state index contributed by atoms with van der Waals surface area (Å²) in [5.41, 5.74) is 0. The summed E-state index contributed by atoms with van der Waals surface area (Å²) in [7, 11) is 0. The van der Waals surface area contributed by atoms with Crippen LogP contribution in [0.4, 0.5) is 4.79 Å². The maximum atomic E-state index is 12.0. The molecule has 3 atom stereocenters. The van der Waals surface area contributed by atoms with Crippen molar-refractivity contribution in [3.05, 3.63) is 0 Å². The Bertz CT molecular complexity index is 341. The molecule has 1 N–H and O–H groups in total. The zero-order valence-corrected chi connectivity index (χ0v) is 10.7. The van der Waals surface area contributed by atoms with Crippen LogP contribution in [-0.4, -0.2) is 41.2 Å². The third kappa shape index (κ3) is 2.06. The molecule has 0 bridgehead atoms. The number of carbonyl (C=O) groups is 1. The molecule has 0 spiro atoms. The van der Waals surface area contributed by atoms with Gasteiger partial charge < -0.3 is 15.0 Å². The number of rotatable bonds is 2. The van der Waals surface area contributed by atoms with Crippen LogP contribution in [0.25, 0.3) is 0 Å². The van der Waals surface area contributed by atoms with Gasteiger partial charge in [0, 0.05) is 25.1 Å². The van der Waals surface area contributed by atoms with Crippen molar-refractivity contribution in [2.75, 3.05) is 13.2 Å². The molecule has 5 heteroatoms. The first kappa shape index (κ1) is 11.4. The lowest BCUT2D eigenvalue weighted by molar-refractivity contribution is 0.0651. The smallest absolute Gasteiger partial charge is 0.322 e. The Morgan fingerprint density at radius 3 is 3.00 bits per heavy atom. The number of urea groups is 1. The van der Waals surface area contributed by atoms with Crippen LogP contribution < -0.4 is 5.32 Å². The predicted molar refractivity (Wildman–Crippen MR) is 67.9 cm³/mol. The van der Waals surface area contributed by atoms with E-state index in [1.165, 1.54) is 6.42 Å². The maximum Gasteiger partial charge on any atom is 0.322 e. The zero-order valence-electron chi connectivity index (χ0n) is 9.85. The van der Waals surface area contributed by atoms with Gasteiger partial charge in [0.15, 0.2) is 0 Å². The van der Waals surface area contributed by atoms with Crippen molar-refractivity contribution in [2.45, 2.75) is 44.2 Å². The molecule has 2 heterocycles. The third-order valence-corrected chi connectivity index (χ3v) is 4.54. The van der Waals surface area contributed by atoms with Crippen LogP contribution in [0.5, 0.6) is 0 Å². The molecule has 0 aromatic carbocycles. The van der Waals surface area contributed by atoms with Crippen molar-refractivity contribution in [1.29, 1.82) is 0 Å². The molecule has 0 aromatic rings. The minimum absolute atomic E-state index is 0.0198. The molecule has 2 saturated heterocycles. The van der Waals surface area contributed by atoms with Gasteiger partial charge in [-0.1, -0.05) is 18.6 Å². The normalized spacial score (nSPS) is 37.2. The van der Waals surface area contributed by atoms with Gasteiger partial charge in [-0.15, -0.1) is 0 Å². The first-order valence-corrected chi connectivity index (χ1v) is 6.89. The summed E-state index contributed by atoms with van der Waals surface area (Å²) in [5.74, 6) is 0.379. The molecule has 17 heavy (non-hydrogen) atoms. The summed E-state index contributed by atoms with van der Waals surface area (Å²) in [4.78, 5) is 14.7. The molecule has 2 amide bonds. The second kappa shape index (κ2) is 4.53. The van der Waals surface area contributed by atoms with Gasteiger partial charge in [-0.05, 0) is 25.7 Å². The molecule has 2 aliphatic heterocycles. The highest BCUT2D eigenvalue weighted by Gasteiger charge is 2.42. The van der Waals surface area contributed by atoms with Crippen molar-refractivity contribution in [3.8, 4) is 0 Å². The second-order valence-corrected chi connectivity index (χ2v) is 5.63. The molecule has 3 unspecified atom stereocenters. The van der Waals surface area contributed by atoms with E-state index in [0.29, 0.717) is 12.0 Å². The van der Waals surface area contributed by atoms with Crippen LogP contribution in [0.2, 0.25) is 0 Å². The molecule has 1 aliphatic carbocycles. The Morgan fingerprint density at radius 1 is 1.35 bits per heavy atom. The molecule has 1 saturated carbocycles. The highest BCUT2D eigenvalue weighted by molar-refractivity contribution is 7.80. The molecule has 0 radical (unpaired) electrons. The van der Waals surface area contributed by atoms with E-state index < -0.39 is 0 Å². The van der Waals surface area contributed by atoms with Crippen LogP contribution in [-0.2, 0) is 4.74 Å². The first-order chi connectivity index (χ1) is 8.25. The molecule has 3 aliphatic rings. The van der Waals surface area contributed by atoms with Crippen LogP contribution in [0.1, 0.15) is 32.1 Å². The largest absolute Gasteiger partial charge is 0.376 e. The highest BCUT2D eigenvalue weighted by Crippen LogP contribution is 2.34. The summed E-state index contributed by atoms with van der Waals surface area (Å²) in [5, 5.41) is 2.84. The molecule has 3 rings (SSSR count). The van der Waals surface area contributed by atoms with E-state index in [-0.39, 0.29) is 12.1 Å². The molecule has 4 nitrogen and oxygen atoms in total. The summed E-state index contributed by atoms with van der Waals surface area (Å²) in [6, 6.07) is 0.300. The van der Waals surface area contributed by atoms with Crippen molar-refractivity contribution in [1.82, 2.24) is 10.2 Å². The van der Waals surface area contributed by atoms with Gasteiger partial charge in [0.1, 0.15) is 0 Å². The van der Waals surface area contributed by atoms with Gasteiger partial charge in [0.2, 0.25) is 0 Å². The average Bonchev–Trinajstić information content (AvgIpc) is 2.95. The number of fused-ring (bicyclic) bond motifs is 1. The van der Waals surface area contributed by atoms with Crippen LogP contribution in [0.3, 0.4) is 0 Å². The maximum absolute atomic E-state index is 12.0. The van der Waals surface area contributed by atoms with Crippen molar-refractivity contribution < 1.29 is 9.53 Å². The number of nitrogens with one attached hydrogen (secondary N) is 1. The minimum Gasteiger partial charge on any atom is -0.376 e. The molecule has 0 aromatic heterocycles. The van der Waals surface area contributed by atoms with E-state index in [1.807, 2.05) is 4.90 Å². The van der Waals surface area contributed by atoms with Gasteiger partial charge in [0.05, 0.1) is 11.1 Å². The lowest BCUT2D eigenvalue weighted by Crippen LogP contribution is -2.59. The number of thiocarbonyl (C=S) groups is 1. The van der Waals surface area contributed by atoms with Crippen LogP contribution in [0, 0.1) is 5.92 Å². The standard InChI is InChI=1S/C12H18N2O2S/c15-12-13-11(17)9-4-1-5-10(9)14(12)7-8-3-2-6-16-8/h8-10H,1-7H2,(H,13,15,17). The summed E-state index contributed by atoms with van der Waals surface area (Å²) in [6.45, 7) is 1.57. The number of hydrogen-bond acceptors (Lipinski definition) is 3. The van der Waals surface area contributed by atoms with Crippen LogP contribution in [0.15, 0.2) is 0 Å². The van der Waals surface area contributed by atoms with Gasteiger partial charge in [-0.2, -0.15) is 0 Å². The predicted octanol–water partition coefficient (Wildman–Crippen LogP) is 1.69. The zero-order chi connectivity index (χ0) is 11.8. The summed E-state index contributed by atoms with van der Waals surface area (Å²) in [6.07, 6.45) is 5.80. The van der Waals surface area contributed by atoms with Gasteiger partial charge in [-0.25, -0.2) is 4.79 Å². The minimum atomic E-state index is -0.0198. The lowest BCUT2D eigenvalue weighted by Gasteiger charge is -2.39. The van der Waals surface area contributed by atoms with E-state index in [2.05, 4.69) is 5.32 Å². The van der Waals surface area contributed by atoms with Crippen molar-refractivity contribution >= 4 is 23.2 Å². The fourth-order valence-corrected chi connectivity index (χ4v) is 3.63. The van der Waals surface area contributed by atoms with Gasteiger partial charge in [0.25, 0.3) is 0 Å². The Morgan fingerprint density at radius 2 is 2.24 bits per heavy atom. The highest BCUT2D eigenvalue weighted by atomic mass is 32.1. The number of amides is 2. The number of nitrogens with zero attached hydrogens (tertiary/aromatic N) is 1. The monoisotopic (exact) mass is 254 g/mol. The van der Waals surface area contributed by atoms with E-state index in [0.717, 1.165) is 43.8 Å². The average molecular weight is 254 g/mol. The summed E-state index contributed by atoms with van der Waals surface area (Å²) >= 11 is 5.27. The summed E-state index contributed by atoms with van der Waals surface area (Å²) < 4.78 is 5.62. The molecule has 3 fully saturated rings. The van der Waals surface area contributed by atoms with Crippen LogP contribution >= 0.6 is 12.2 Å². The third-order valence-electron chi connectivity index (χ3n) is 4.13. The number of ether oxygens (including phenoxy) is 1. The Labute approximate surface area is 107 Å². The van der Waals surface area contributed by atoms with E-state index in [4.69, 9.17) is 17.0 Å². The second-order valence-electron chi connectivity index (χ2n) is 5.19. The molecular formula is C12H18N2O2S. The topological polar surface area (TPSA) is 41.6 Å². The van der Waals surface area contributed by atoms with E-state index >= 15 is 0 Å². The Balaban J connectivity index is 1.72. The van der Waals surface area contributed by atoms with Crippen molar-refractivity contribution in [3.63, 3.8) is 0 Å². The fourth-order valence-electron chi connectivity index (χ4n) is 3.27. The van der Waals surface area contributed by atoms with Gasteiger partial charge >= 0.3 is 6.03 Å². The fraction of sp³-hybridized carbons (Fsp3) is 0.833. The Hall–Kier alpha value is -0.680. The first-order valence-electron chi connectivity index (χ1n) is 6.49. The van der Waals surface area contributed by atoms with E-state index in [1.54, 1.807) is 0 Å². The lowest BCUT2D eigenvalue weighted by atomic mass is 9.99. The number of hydrogen-bond donors (Lipinski definition) is 1. The SMILES string of the molecule is O=C1NC(=S)C2CCCC2N1CC1CCCO1. The Kier molecular flexibility index (Phi) is 3.04. The van der Waals surface area contributed by atoms with Gasteiger partial charge in [-0.3, -0.25) is 0 Å². The molecular weight excluding hydrogens is 236 g/mol. The quantitative estimate of drug-likeness (QED) is 0.762.